The third kappa shape index (κ3) is 6.09. The lowest BCUT2D eigenvalue weighted by molar-refractivity contribution is -0.113. The lowest BCUT2D eigenvalue weighted by Gasteiger charge is -2.11. The number of carbonyl (C=O) groups is 2. The molecule has 0 saturated heterocycles. The Morgan fingerprint density at radius 1 is 0.939 bits per heavy atom. The Kier molecular flexibility index (Phi) is 7.22. The van der Waals surface area contributed by atoms with E-state index in [0.29, 0.717) is 16.9 Å². The summed E-state index contributed by atoms with van der Waals surface area (Å²) >= 11 is 2.94. The molecule has 5 nitrogen and oxygen atoms in total. The van der Waals surface area contributed by atoms with Gasteiger partial charge in [-0.05, 0) is 43.7 Å². The number of thioether (sulfide) groups is 1. The summed E-state index contributed by atoms with van der Waals surface area (Å²) in [5, 5.41) is 7.83. The average Bonchev–Trinajstić information content (AvgIpc) is 3.30. The van der Waals surface area contributed by atoms with Gasteiger partial charge in [0.2, 0.25) is 5.91 Å². The van der Waals surface area contributed by atoms with E-state index in [0.717, 1.165) is 21.2 Å². The normalized spacial score (nSPS) is 10.6. The molecule has 0 aliphatic carbocycles. The maximum Gasteiger partial charge on any atom is 0.255 e. The zero-order valence-electron chi connectivity index (χ0n) is 18.3. The summed E-state index contributed by atoms with van der Waals surface area (Å²) < 4.78 is 0.848. The van der Waals surface area contributed by atoms with Crippen LogP contribution in [0, 0.1) is 13.8 Å². The van der Waals surface area contributed by atoms with Crippen molar-refractivity contribution < 1.29 is 9.59 Å². The number of rotatable bonds is 7. The third-order valence-corrected chi connectivity index (χ3v) is 6.98. The topological polar surface area (TPSA) is 71.1 Å². The largest absolute Gasteiger partial charge is 0.325 e. The summed E-state index contributed by atoms with van der Waals surface area (Å²) in [5.41, 5.74) is 5.98. The molecule has 4 aromatic rings. The van der Waals surface area contributed by atoms with Gasteiger partial charge in [-0.1, -0.05) is 65.9 Å². The lowest BCUT2D eigenvalue weighted by Crippen LogP contribution is -2.15. The quantitative estimate of drug-likeness (QED) is 0.304. The summed E-state index contributed by atoms with van der Waals surface area (Å²) in [4.78, 5) is 29.6. The van der Waals surface area contributed by atoms with Crippen molar-refractivity contribution in [1.82, 2.24) is 4.98 Å². The van der Waals surface area contributed by atoms with Crippen molar-refractivity contribution in [2.75, 3.05) is 16.4 Å². The fraction of sp³-hybridized carbons (Fsp3) is 0.115. The number of hydrogen-bond donors (Lipinski definition) is 2. The molecule has 0 aliphatic rings. The summed E-state index contributed by atoms with van der Waals surface area (Å²) in [6.45, 7) is 3.97. The smallest absolute Gasteiger partial charge is 0.255 e. The Labute approximate surface area is 201 Å². The SMILES string of the molecule is Cc1ccc(-c2csc(SCC(=O)Nc3ccc(C)c(NC(=O)c4ccccc4)c3)n2)cc1. The summed E-state index contributed by atoms with van der Waals surface area (Å²) in [6.07, 6.45) is 0. The number of nitrogens with one attached hydrogen (secondary N) is 2. The van der Waals surface area contributed by atoms with Crippen LogP contribution in [0.2, 0.25) is 0 Å². The van der Waals surface area contributed by atoms with Crippen LogP contribution in [-0.4, -0.2) is 22.6 Å². The molecule has 0 spiro atoms. The molecule has 0 unspecified atom stereocenters. The van der Waals surface area contributed by atoms with E-state index in [1.807, 2.05) is 42.6 Å². The van der Waals surface area contributed by atoms with E-state index in [1.54, 1.807) is 18.2 Å². The van der Waals surface area contributed by atoms with Gasteiger partial charge in [0.1, 0.15) is 0 Å². The fourth-order valence-corrected chi connectivity index (χ4v) is 4.76. The monoisotopic (exact) mass is 473 g/mol. The lowest BCUT2D eigenvalue weighted by atomic mass is 10.1. The van der Waals surface area contributed by atoms with Gasteiger partial charge in [0.25, 0.3) is 5.91 Å². The highest BCUT2D eigenvalue weighted by Gasteiger charge is 2.11. The van der Waals surface area contributed by atoms with Gasteiger partial charge in [0.15, 0.2) is 4.34 Å². The first-order valence-electron chi connectivity index (χ1n) is 10.4. The second-order valence-corrected chi connectivity index (χ2v) is 9.63. The molecule has 33 heavy (non-hydrogen) atoms. The van der Waals surface area contributed by atoms with Crippen molar-refractivity contribution in [3.05, 3.63) is 94.9 Å². The Morgan fingerprint density at radius 2 is 1.70 bits per heavy atom. The molecule has 0 bridgehead atoms. The Bertz CT molecular complexity index is 1270. The third-order valence-electron chi connectivity index (χ3n) is 4.96. The first-order chi connectivity index (χ1) is 16.0. The summed E-state index contributed by atoms with van der Waals surface area (Å²) in [5.74, 6) is -0.0670. The second kappa shape index (κ2) is 10.5. The molecule has 0 radical (unpaired) electrons. The predicted molar refractivity (Wildman–Crippen MR) is 137 cm³/mol. The highest BCUT2D eigenvalue weighted by Crippen LogP contribution is 2.29. The predicted octanol–water partition coefficient (Wildman–Crippen LogP) is 6.41. The van der Waals surface area contributed by atoms with Gasteiger partial charge >= 0.3 is 0 Å². The van der Waals surface area contributed by atoms with E-state index in [4.69, 9.17) is 0 Å². The number of thiazole rings is 1. The number of anilines is 2. The highest BCUT2D eigenvalue weighted by molar-refractivity contribution is 8.01. The maximum atomic E-state index is 12.5. The molecule has 7 heteroatoms. The Morgan fingerprint density at radius 3 is 2.45 bits per heavy atom. The summed E-state index contributed by atoms with van der Waals surface area (Å²) in [6, 6.07) is 22.7. The molecule has 2 N–H and O–H groups in total. The van der Waals surface area contributed by atoms with E-state index in [9.17, 15) is 9.59 Å². The van der Waals surface area contributed by atoms with E-state index >= 15 is 0 Å². The number of amides is 2. The molecule has 166 valence electrons. The van der Waals surface area contributed by atoms with E-state index in [2.05, 4.69) is 46.8 Å². The van der Waals surface area contributed by atoms with Crippen LogP contribution in [0.3, 0.4) is 0 Å². The van der Waals surface area contributed by atoms with Crippen LogP contribution in [-0.2, 0) is 4.79 Å². The standard InChI is InChI=1S/C26H23N3O2S2/c1-17-8-11-19(12-9-17)23-15-32-26(29-23)33-16-24(30)27-21-13-10-18(2)22(14-21)28-25(31)20-6-4-3-5-7-20/h3-15H,16H2,1-2H3,(H,27,30)(H,28,31). The van der Waals surface area contributed by atoms with E-state index < -0.39 is 0 Å². The van der Waals surface area contributed by atoms with Gasteiger partial charge in [-0.2, -0.15) is 0 Å². The average molecular weight is 474 g/mol. The van der Waals surface area contributed by atoms with Gasteiger partial charge in [-0.25, -0.2) is 4.98 Å². The Balaban J connectivity index is 1.34. The van der Waals surface area contributed by atoms with E-state index in [-0.39, 0.29) is 17.6 Å². The first-order valence-corrected chi connectivity index (χ1v) is 12.3. The van der Waals surface area contributed by atoms with Crippen LogP contribution in [0.4, 0.5) is 11.4 Å². The van der Waals surface area contributed by atoms with Gasteiger partial charge in [-0.15, -0.1) is 11.3 Å². The molecule has 3 aromatic carbocycles. The minimum atomic E-state index is -0.189. The number of benzene rings is 3. The molecule has 1 aromatic heterocycles. The van der Waals surface area contributed by atoms with Crippen molar-refractivity contribution in [2.24, 2.45) is 0 Å². The number of nitrogens with zero attached hydrogens (tertiary/aromatic N) is 1. The van der Waals surface area contributed by atoms with E-state index in [1.165, 1.54) is 28.7 Å². The fourth-order valence-electron chi connectivity index (χ4n) is 3.12. The van der Waals surface area contributed by atoms with Crippen LogP contribution in [0.15, 0.2) is 82.5 Å². The second-order valence-electron chi connectivity index (χ2n) is 7.55. The van der Waals surface area contributed by atoms with Crippen LogP contribution < -0.4 is 10.6 Å². The molecule has 4 rings (SSSR count). The van der Waals surface area contributed by atoms with Crippen LogP contribution in [0.1, 0.15) is 21.5 Å². The minimum absolute atomic E-state index is 0.128. The molecular formula is C26H23N3O2S2. The minimum Gasteiger partial charge on any atom is -0.325 e. The first kappa shape index (κ1) is 22.8. The summed E-state index contributed by atoms with van der Waals surface area (Å²) in [7, 11) is 0. The molecule has 0 fully saturated rings. The molecule has 2 amide bonds. The molecule has 1 heterocycles. The molecule has 0 atom stereocenters. The van der Waals surface area contributed by atoms with Crippen molar-refractivity contribution in [3.8, 4) is 11.3 Å². The van der Waals surface area contributed by atoms with Crippen molar-refractivity contribution in [2.45, 2.75) is 18.2 Å². The number of aromatic nitrogens is 1. The van der Waals surface area contributed by atoms with Gasteiger partial charge in [0.05, 0.1) is 11.4 Å². The van der Waals surface area contributed by atoms with Gasteiger partial charge in [0, 0.05) is 27.9 Å². The number of aryl methyl sites for hydroxylation is 2. The van der Waals surface area contributed by atoms with Crippen molar-refractivity contribution in [3.63, 3.8) is 0 Å². The zero-order valence-corrected chi connectivity index (χ0v) is 19.9. The van der Waals surface area contributed by atoms with Crippen LogP contribution in [0.25, 0.3) is 11.3 Å². The van der Waals surface area contributed by atoms with Gasteiger partial charge in [-0.3, -0.25) is 9.59 Å². The number of hydrogen-bond acceptors (Lipinski definition) is 5. The van der Waals surface area contributed by atoms with Crippen molar-refractivity contribution in [1.29, 1.82) is 0 Å². The van der Waals surface area contributed by atoms with Gasteiger partial charge < -0.3 is 10.6 Å². The Hall–Kier alpha value is -3.42. The molecule has 0 aliphatic heterocycles. The number of carbonyl (C=O) groups excluding carboxylic acids is 2. The molecule has 0 saturated carbocycles. The van der Waals surface area contributed by atoms with Crippen LogP contribution >= 0.6 is 23.1 Å². The van der Waals surface area contributed by atoms with Crippen molar-refractivity contribution >= 4 is 46.3 Å². The maximum absolute atomic E-state index is 12.5. The highest BCUT2D eigenvalue weighted by atomic mass is 32.2. The zero-order chi connectivity index (χ0) is 23.2. The van der Waals surface area contributed by atoms with Crippen LogP contribution in [0.5, 0.6) is 0 Å². The molecular weight excluding hydrogens is 450 g/mol.